The summed E-state index contributed by atoms with van der Waals surface area (Å²) >= 11 is 2.04. The third kappa shape index (κ3) is 2.92. The number of hydrazine groups is 1. The number of carbonyl (C=O) groups is 3. The Hall–Kier alpha value is -2.62. The normalized spacial score (nSPS) is 15.8. The van der Waals surface area contributed by atoms with Crippen molar-refractivity contribution in [1.29, 1.82) is 0 Å². The highest BCUT2D eigenvalue weighted by Crippen LogP contribution is 2.27. The summed E-state index contributed by atoms with van der Waals surface area (Å²) in [6.07, 6.45) is 2.79. The van der Waals surface area contributed by atoms with Gasteiger partial charge in [0.25, 0.3) is 11.8 Å². The number of rotatable bonds is 3. The molecule has 1 aromatic heterocycles. The molecule has 8 heteroatoms. The second-order valence-electron chi connectivity index (χ2n) is 4.81. The minimum Gasteiger partial charge on any atom is -0.465 e. The molecule has 1 N–H and O–H groups in total. The summed E-state index contributed by atoms with van der Waals surface area (Å²) in [5, 5.41) is 1.03. The number of nitrogens with one attached hydrogen (secondary N) is 1. The van der Waals surface area contributed by atoms with Gasteiger partial charge in [0.2, 0.25) is 0 Å². The Bertz CT molecular complexity index is 857. The number of anilines is 1. The molecule has 2 aromatic rings. The lowest BCUT2D eigenvalue weighted by atomic mass is 10.1. The van der Waals surface area contributed by atoms with Gasteiger partial charge in [-0.1, -0.05) is 0 Å². The van der Waals surface area contributed by atoms with Gasteiger partial charge in [-0.2, -0.15) is 0 Å². The molecule has 0 bridgehead atoms. The first-order valence-electron chi connectivity index (χ1n) is 6.80. The van der Waals surface area contributed by atoms with Crippen LogP contribution in [0.1, 0.15) is 16.1 Å². The maximum atomic E-state index is 12.6. The van der Waals surface area contributed by atoms with E-state index in [9.17, 15) is 14.4 Å². The molecule has 0 spiro atoms. The SMILES string of the molecule is COC(=O)c1cc(I)ccc1N1NC(=O)/C(=C/c2ccco2)C1=O. The van der Waals surface area contributed by atoms with Crippen molar-refractivity contribution in [3.05, 3.63) is 57.1 Å². The van der Waals surface area contributed by atoms with Crippen LogP contribution in [0.4, 0.5) is 5.69 Å². The number of esters is 1. The molecule has 0 saturated carbocycles. The van der Waals surface area contributed by atoms with E-state index in [0.717, 1.165) is 8.58 Å². The molecule has 1 aromatic carbocycles. The van der Waals surface area contributed by atoms with Crippen LogP contribution in [-0.4, -0.2) is 24.9 Å². The van der Waals surface area contributed by atoms with Gasteiger partial charge in [0.1, 0.15) is 11.3 Å². The molecular formula is C16H11IN2O5. The molecule has 1 aliphatic rings. The third-order valence-corrected chi connectivity index (χ3v) is 4.00. The lowest BCUT2D eigenvalue weighted by molar-refractivity contribution is -0.117. The molecule has 1 saturated heterocycles. The van der Waals surface area contributed by atoms with Crippen LogP contribution in [0.5, 0.6) is 0 Å². The molecule has 2 heterocycles. The molecular weight excluding hydrogens is 427 g/mol. The van der Waals surface area contributed by atoms with E-state index in [1.165, 1.54) is 19.4 Å². The van der Waals surface area contributed by atoms with Crippen molar-refractivity contribution in [3.8, 4) is 0 Å². The Balaban J connectivity index is 2.02. The summed E-state index contributed by atoms with van der Waals surface area (Å²) in [5.41, 5.74) is 2.78. The van der Waals surface area contributed by atoms with Crippen molar-refractivity contribution < 1.29 is 23.5 Å². The maximum absolute atomic E-state index is 12.6. The fraction of sp³-hybridized carbons (Fsp3) is 0.0625. The van der Waals surface area contributed by atoms with E-state index in [0.29, 0.717) is 5.76 Å². The number of ether oxygens (including phenoxy) is 1. The van der Waals surface area contributed by atoms with Crippen LogP contribution in [0.15, 0.2) is 46.6 Å². The number of benzene rings is 1. The minimum absolute atomic E-state index is 0.0840. The minimum atomic E-state index is -0.603. The summed E-state index contributed by atoms with van der Waals surface area (Å²) in [6.45, 7) is 0. The maximum Gasteiger partial charge on any atom is 0.340 e. The van der Waals surface area contributed by atoms with Crippen molar-refractivity contribution in [2.24, 2.45) is 0 Å². The summed E-state index contributed by atoms with van der Waals surface area (Å²) < 4.78 is 10.7. The highest BCUT2D eigenvalue weighted by molar-refractivity contribution is 14.1. The molecule has 24 heavy (non-hydrogen) atoms. The van der Waals surface area contributed by atoms with E-state index >= 15 is 0 Å². The first-order chi connectivity index (χ1) is 11.5. The zero-order chi connectivity index (χ0) is 17.3. The van der Waals surface area contributed by atoms with E-state index < -0.39 is 17.8 Å². The molecule has 0 radical (unpaired) electrons. The number of hydrogen-bond donors (Lipinski definition) is 1. The summed E-state index contributed by atoms with van der Waals surface area (Å²) in [5.74, 6) is -1.38. The molecule has 122 valence electrons. The first kappa shape index (κ1) is 16.2. The number of halogens is 1. The average molecular weight is 438 g/mol. The van der Waals surface area contributed by atoms with Crippen LogP contribution < -0.4 is 10.4 Å². The quantitative estimate of drug-likeness (QED) is 0.344. The number of hydrogen-bond acceptors (Lipinski definition) is 5. The monoisotopic (exact) mass is 438 g/mol. The Kier molecular flexibility index (Phi) is 4.38. The fourth-order valence-electron chi connectivity index (χ4n) is 2.22. The van der Waals surface area contributed by atoms with Gasteiger partial charge in [0.05, 0.1) is 24.6 Å². The topological polar surface area (TPSA) is 88.8 Å². The zero-order valence-electron chi connectivity index (χ0n) is 12.4. The van der Waals surface area contributed by atoms with Gasteiger partial charge in [-0.25, -0.2) is 9.80 Å². The lowest BCUT2D eigenvalue weighted by Crippen LogP contribution is -2.37. The van der Waals surface area contributed by atoms with Crippen molar-refractivity contribution in [1.82, 2.24) is 5.43 Å². The Morgan fingerprint density at radius 1 is 1.33 bits per heavy atom. The average Bonchev–Trinajstić information content (AvgIpc) is 3.18. The Morgan fingerprint density at radius 2 is 2.12 bits per heavy atom. The standard InChI is InChI=1S/C16H11IN2O5/c1-23-16(22)11-7-9(17)4-5-13(11)19-15(21)12(14(20)18-19)8-10-3-2-6-24-10/h2-8H,1H3,(H,18,20)/b12-8-. The van der Waals surface area contributed by atoms with Gasteiger partial charge >= 0.3 is 5.97 Å². The number of furan rings is 1. The van der Waals surface area contributed by atoms with Crippen molar-refractivity contribution in [2.45, 2.75) is 0 Å². The highest BCUT2D eigenvalue weighted by atomic mass is 127. The van der Waals surface area contributed by atoms with E-state index in [1.54, 1.807) is 30.3 Å². The van der Waals surface area contributed by atoms with Crippen molar-refractivity contribution in [3.63, 3.8) is 0 Å². The van der Waals surface area contributed by atoms with Crippen LogP contribution in [0.2, 0.25) is 0 Å². The molecule has 1 fully saturated rings. The molecule has 2 amide bonds. The van der Waals surface area contributed by atoms with Crippen LogP contribution in [0.3, 0.4) is 0 Å². The van der Waals surface area contributed by atoms with Gasteiger partial charge in [0, 0.05) is 3.57 Å². The summed E-state index contributed by atoms with van der Waals surface area (Å²) in [6, 6.07) is 8.14. The van der Waals surface area contributed by atoms with Crippen LogP contribution in [0.25, 0.3) is 6.08 Å². The number of amides is 2. The highest BCUT2D eigenvalue weighted by Gasteiger charge is 2.36. The van der Waals surface area contributed by atoms with Gasteiger partial charge in [0.15, 0.2) is 0 Å². The summed E-state index contributed by atoms with van der Waals surface area (Å²) in [7, 11) is 1.25. The molecule has 0 aliphatic carbocycles. The Morgan fingerprint density at radius 3 is 2.79 bits per heavy atom. The second-order valence-corrected chi connectivity index (χ2v) is 6.05. The van der Waals surface area contributed by atoms with Crippen LogP contribution in [0, 0.1) is 3.57 Å². The molecule has 0 atom stereocenters. The van der Waals surface area contributed by atoms with Crippen LogP contribution in [-0.2, 0) is 14.3 Å². The fourth-order valence-corrected chi connectivity index (χ4v) is 2.71. The summed E-state index contributed by atoms with van der Waals surface area (Å²) in [4.78, 5) is 36.6. The van der Waals surface area contributed by atoms with Gasteiger partial charge in [-0.3, -0.25) is 15.0 Å². The zero-order valence-corrected chi connectivity index (χ0v) is 14.6. The van der Waals surface area contributed by atoms with Crippen molar-refractivity contribution in [2.75, 3.05) is 12.1 Å². The Labute approximate surface area is 150 Å². The molecule has 3 rings (SSSR count). The molecule has 1 aliphatic heterocycles. The predicted octanol–water partition coefficient (Wildman–Crippen LogP) is 2.13. The van der Waals surface area contributed by atoms with E-state index in [1.807, 2.05) is 22.6 Å². The third-order valence-electron chi connectivity index (χ3n) is 3.33. The number of methoxy groups -OCH3 is 1. The largest absolute Gasteiger partial charge is 0.465 e. The van der Waals surface area contributed by atoms with E-state index in [-0.39, 0.29) is 16.8 Å². The number of nitrogens with zero attached hydrogens (tertiary/aromatic N) is 1. The molecule has 0 unspecified atom stereocenters. The predicted molar refractivity (Wildman–Crippen MR) is 92.8 cm³/mol. The lowest BCUT2D eigenvalue weighted by Gasteiger charge is -2.18. The van der Waals surface area contributed by atoms with E-state index in [4.69, 9.17) is 9.15 Å². The second kappa shape index (κ2) is 6.48. The van der Waals surface area contributed by atoms with Crippen LogP contribution >= 0.6 is 22.6 Å². The van der Waals surface area contributed by atoms with E-state index in [2.05, 4.69) is 5.43 Å². The smallest absolute Gasteiger partial charge is 0.340 e. The van der Waals surface area contributed by atoms with Gasteiger partial charge in [-0.05, 0) is 59.0 Å². The van der Waals surface area contributed by atoms with Gasteiger partial charge in [-0.15, -0.1) is 0 Å². The first-order valence-corrected chi connectivity index (χ1v) is 7.87. The number of carbonyl (C=O) groups excluding carboxylic acids is 3. The van der Waals surface area contributed by atoms with Gasteiger partial charge < -0.3 is 9.15 Å². The van der Waals surface area contributed by atoms with Crippen molar-refractivity contribution >= 4 is 52.1 Å². The molecule has 7 nitrogen and oxygen atoms in total.